The van der Waals surface area contributed by atoms with Gasteiger partial charge in [0, 0.05) is 42.6 Å². The summed E-state index contributed by atoms with van der Waals surface area (Å²) in [7, 11) is 0. The van der Waals surface area contributed by atoms with Crippen LogP contribution in [0.15, 0.2) is 285 Å². The quantitative estimate of drug-likeness (QED) is 0.139. The SMILES string of the molecule is c1ccc(-c2cccc3cccc(-c4ccccc4N(c4ccc(-c5ccc6c(c5)C(c5ccccc5)(c5ccccc5)c5ccccc5-6)cc4)c4ccccc4-c4cccc5c4sc4ccccc45)c23)cc1. The molecule has 0 unspecified atom stereocenters. The summed E-state index contributed by atoms with van der Waals surface area (Å²) in [5.41, 5.74) is 20.1. The van der Waals surface area contributed by atoms with Crippen molar-refractivity contribution in [1.29, 1.82) is 0 Å². The maximum Gasteiger partial charge on any atom is 0.0713 e. The van der Waals surface area contributed by atoms with E-state index < -0.39 is 5.41 Å². The second-order valence-corrected chi connectivity index (χ2v) is 20.1. The maximum absolute atomic E-state index is 2.50. The Morgan fingerprint density at radius 1 is 0.301 bits per heavy atom. The van der Waals surface area contributed by atoms with Crippen LogP contribution in [0.4, 0.5) is 17.1 Å². The lowest BCUT2D eigenvalue weighted by Crippen LogP contribution is -2.28. The van der Waals surface area contributed by atoms with Gasteiger partial charge in [0.1, 0.15) is 0 Å². The maximum atomic E-state index is 2.50. The average Bonchev–Trinajstić information content (AvgIpc) is 4.04. The Labute approximate surface area is 430 Å². The standard InChI is InChI=1S/C71H47NS/c1-4-21-49(22-5-1)55-33-18-23-50-24-19-34-61(69(50)55)58-30-11-15-38-66(58)72(67-39-16-12-31-59(67)62-35-20-36-63-60-32-13-17-40-68(60)73-70(62)63)54-44-41-48(42-45-54)51-43-46-57-56-29-10-14-37-64(56)71(65(57)47-51,52-25-6-2-7-26-52)53-27-8-3-9-28-53/h1-47H. The molecule has 1 aromatic heterocycles. The first kappa shape index (κ1) is 42.8. The lowest BCUT2D eigenvalue weighted by Gasteiger charge is -2.34. The monoisotopic (exact) mass is 945 g/mol. The lowest BCUT2D eigenvalue weighted by atomic mass is 9.67. The Bertz CT molecular complexity index is 4150. The molecule has 13 aromatic rings. The van der Waals surface area contributed by atoms with Crippen LogP contribution in [-0.4, -0.2) is 0 Å². The Hall–Kier alpha value is -9.08. The Morgan fingerprint density at radius 3 is 1.52 bits per heavy atom. The normalized spacial score (nSPS) is 12.5. The first-order valence-electron chi connectivity index (χ1n) is 25.2. The number of para-hydroxylation sites is 2. The van der Waals surface area contributed by atoms with Crippen molar-refractivity contribution in [3.8, 4) is 55.6 Å². The summed E-state index contributed by atoms with van der Waals surface area (Å²) in [6.45, 7) is 0. The molecule has 0 bridgehead atoms. The Kier molecular flexibility index (Phi) is 10.3. The molecule has 14 rings (SSSR count). The number of benzene rings is 12. The van der Waals surface area contributed by atoms with Gasteiger partial charge in [0.25, 0.3) is 0 Å². The second-order valence-electron chi connectivity index (χ2n) is 19.1. The molecule has 0 radical (unpaired) electrons. The van der Waals surface area contributed by atoms with Crippen LogP contribution in [0.1, 0.15) is 22.3 Å². The molecule has 1 aliphatic carbocycles. The van der Waals surface area contributed by atoms with Crippen LogP contribution in [-0.2, 0) is 5.41 Å². The number of hydrogen-bond acceptors (Lipinski definition) is 2. The van der Waals surface area contributed by atoms with Crippen LogP contribution in [0.5, 0.6) is 0 Å². The Morgan fingerprint density at radius 2 is 0.808 bits per heavy atom. The van der Waals surface area contributed by atoms with Crippen LogP contribution in [0.3, 0.4) is 0 Å². The minimum Gasteiger partial charge on any atom is -0.309 e. The smallest absolute Gasteiger partial charge is 0.0713 e. The topological polar surface area (TPSA) is 3.24 Å². The summed E-state index contributed by atoms with van der Waals surface area (Å²) in [6, 6.07) is 105. The molecule has 1 nitrogen and oxygen atoms in total. The summed E-state index contributed by atoms with van der Waals surface area (Å²) in [5, 5.41) is 5.03. The zero-order valence-electron chi connectivity index (χ0n) is 40.0. The third-order valence-corrected chi connectivity index (χ3v) is 16.4. The van der Waals surface area contributed by atoms with Gasteiger partial charge in [0.05, 0.1) is 16.8 Å². The number of nitrogens with zero attached hydrogens (tertiary/aromatic N) is 1. The molecule has 0 fully saturated rings. The van der Waals surface area contributed by atoms with Crippen LogP contribution < -0.4 is 4.90 Å². The third kappa shape index (κ3) is 6.90. The highest BCUT2D eigenvalue weighted by Crippen LogP contribution is 2.57. The van der Waals surface area contributed by atoms with Crippen molar-refractivity contribution >= 4 is 59.3 Å². The molecular formula is C71H47NS. The molecule has 0 spiro atoms. The summed E-state index contributed by atoms with van der Waals surface area (Å²) in [4.78, 5) is 2.50. The molecular weight excluding hydrogens is 899 g/mol. The highest BCUT2D eigenvalue weighted by molar-refractivity contribution is 7.26. The number of fused-ring (bicyclic) bond motifs is 7. The summed E-state index contributed by atoms with van der Waals surface area (Å²) in [6.07, 6.45) is 0. The van der Waals surface area contributed by atoms with Gasteiger partial charge in [-0.25, -0.2) is 0 Å². The van der Waals surface area contributed by atoms with Crippen molar-refractivity contribution in [3.63, 3.8) is 0 Å². The van der Waals surface area contributed by atoms with Gasteiger partial charge in [-0.2, -0.15) is 0 Å². The van der Waals surface area contributed by atoms with Gasteiger partial charge in [0.15, 0.2) is 0 Å². The van der Waals surface area contributed by atoms with E-state index in [2.05, 4.69) is 290 Å². The fourth-order valence-electron chi connectivity index (χ4n) is 12.0. The second kappa shape index (κ2) is 17.6. The fourth-order valence-corrected chi connectivity index (χ4v) is 13.2. The summed E-state index contributed by atoms with van der Waals surface area (Å²) >= 11 is 1.88. The molecule has 1 heterocycles. The Balaban J connectivity index is 0.970. The number of thiophene rings is 1. The molecule has 73 heavy (non-hydrogen) atoms. The summed E-state index contributed by atoms with van der Waals surface area (Å²) in [5.74, 6) is 0. The lowest BCUT2D eigenvalue weighted by molar-refractivity contribution is 0.769. The van der Waals surface area contributed by atoms with Crippen molar-refractivity contribution in [1.82, 2.24) is 0 Å². The van der Waals surface area contributed by atoms with Crippen molar-refractivity contribution in [2.75, 3.05) is 4.90 Å². The van der Waals surface area contributed by atoms with Gasteiger partial charge in [-0.1, -0.05) is 249 Å². The average molecular weight is 946 g/mol. The van der Waals surface area contributed by atoms with Crippen molar-refractivity contribution in [3.05, 3.63) is 307 Å². The van der Waals surface area contributed by atoms with E-state index in [1.807, 2.05) is 11.3 Å². The van der Waals surface area contributed by atoms with Gasteiger partial charge in [-0.05, 0) is 108 Å². The number of rotatable bonds is 9. The van der Waals surface area contributed by atoms with E-state index in [0.29, 0.717) is 0 Å². The number of hydrogen-bond donors (Lipinski definition) is 0. The van der Waals surface area contributed by atoms with Gasteiger partial charge in [-0.15, -0.1) is 11.3 Å². The number of anilines is 3. The molecule has 0 N–H and O–H groups in total. The van der Waals surface area contributed by atoms with Crippen molar-refractivity contribution in [2.45, 2.75) is 5.41 Å². The predicted molar refractivity (Wildman–Crippen MR) is 311 cm³/mol. The molecule has 0 saturated heterocycles. The fraction of sp³-hybridized carbons (Fsp3) is 0.0141. The van der Waals surface area contributed by atoms with Gasteiger partial charge < -0.3 is 4.90 Å². The largest absolute Gasteiger partial charge is 0.309 e. The highest BCUT2D eigenvalue weighted by atomic mass is 32.1. The molecule has 0 aliphatic heterocycles. The van der Waals surface area contributed by atoms with Gasteiger partial charge >= 0.3 is 0 Å². The third-order valence-electron chi connectivity index (χ3n) is 15.2. The molecule has 12 aromatic carbocycles. The molecule has 0 amide bonds. The minimum atomic E-state index is -0.478. The molecule has 2 heteroatoms. The van der Waals surface area contributed by atoms with Crippen LogP contribution in [0.25, 0.3) is 86.6 Å². The van der Waals surface area contributed by atoms with Crippen LogP contribution in [0, 0.1) is 0 Å². The summed E-state index contributed by atoms with van der Waals surface area (Å²) < 4.78 is 2.59. The predicted octanol–water partition coefficient (Wildman–Crippen LogP) is 19.7. The van der Waals surface area contributed by atoms with E-state index in [1.54, 1.807) is 0 Å². The minimum absolute atomic E-state index is 0.478. The van der Waals surface area contributed by atoms with Gasteiger partial charge in [0.2, 0.25) is 0 Å². The van der Waals surface area contributed by atoms with Crippen molar-refractivity contribution in [2.24, 2.45) is 0 Å². The molecule has 1 aliphatic rings. The van der Waals surface area contributed by atoms with E-state index >= 15 is 0 Å². The highest BCUT2D eigenvalue weighted by Gasteiger charge is 2.46. The van der Waals surface area contributed by atoms with Gasteiger partial charge in [-0.3, -0.25) is 0 Å². The zero-order chi connectivity index (χ0) is 48.3. The molecule has 0 atom stereocenters. The zero-order valence-corrected chi connectivity index (χ0v) is 40.8. The van der Waals surface area contributed by atoms with Crippen molar-refractivity contribution < 1.29 is 0 Å². The first-order chi connectivity index (χ1) is 36.2. The van der Waals surface area contributed by atoms with E-state index in [0.717, 1.165) is 28.2 Å². The van der Waals surface area contributed by atoms with Crippen LogP contribution in [0.2, 0.25) is 0 Å². The van der Waals surface area contributed by atoms with E-state index in [1.165, 1.54) is 97.7 Å². The first-order valence-corrected chi connectivity index (χ1v) is 26.0. The molecule has 342 valence electrons. The van der Waals surface area contributed by atoms with E-state index in [9.17, 15) is 0 Å². The van der Waals surface area contributed by atoms with E-state index in [-0.39, 0.29) is 0 Å². The molecule has 0 saturated carbocycles. The van der Waals surface area contributed by atoms with E-state index in [4.69, 9.17) is 0 Å². The van der Waals surface area contributed by atoms with Crippen LogP contribution >= 0.6 is 11.3 Å².